The highest BCUT2D eigenvalue weighted by atomic mass is 19.1. The second kappa shape index (κ2) is 7.27. The van der Waals surface area contributed by atoms with E-state index in [0.29, 0.717) is 35.3 Å². The van der Waals surface area contributed by atoms with E-state index in [4.69, 9.17) is 0 Å². The van der Waals surface area contributed by atoms with Gasteiger partial charge in [-0.25, -0.2) is 9.37 Å². The van der Waals surface area contributed by atoms with Crippen molar-refractivity contribution in [2.75, 3.05) is 0 Å². The molecular weight excluding hydrogens is 355 g/mol. The molecule has 0 unspecified atom stereocenters. The molecule has 4 aromatic rings. The standard InChI is InChI=1S/C23H19FN2O2/c1-15-6-4-10-19-21(15)23(28)26(13-12-16-7-5-8-17(24)14-16)22(25-19)18-9-2-3-11-20(18)27/h2-11,14,27H,12-13H2,1H3. The quantitative estimate of drug-likeness (QED) is 0.574. The molecule has 0 bridgehead atoms. The topological polar surface area (TPSA) is 55.1 Å². The Morgan fingerprint density at radius 3 is 2.61 bits per heavy atom. The number of fused-ring (bicyclic) bond motifs is 1. The van der Waals surface area contributed by atoms with Gasteiger partial charge in [0.25, 0.3) is 5.56 Å². The van der Waals surface area contributed by atoms with Crippen LogP contribution >= 0.6 is 0 Å². The molecule has 0 saturated carbocycles. The summed E-state index contributed by atoms with van der Waals surface area (Å²) in [6, 6.07) is 18.7. The Kier molecular flexibility index (Phi) is 4.65. The van der Waals surface area contributed by atoms with Crippen molar-refractivity contribution in [3.05, 3.63) is 94.0 Å². The van der Waals surface area contributed by atoms with E-state index in [1.165, 1.54) is 12.1 Å². The summed E-state index contributed by atoms with van der Waals surface area (Å²) >= 11 is 0. The molecule has 5 heteroatoms. The molecule has 140 valence electrons. The fraction of sp³-hybridized carbons (Fsp3) is 0.130. The summed E-state index contributed by atoms with van der Waals surface area (Å²) in [6.45, 7) is 2.20. The van der Waals surface area contributed by atoms with Crippen LogP contribution in [-0.4, -0.2) is 14.7 Å². The third-order valence-electron chi connectivity index (χ3n) is 4.85. The monoisotopic (exact) mass is 374 g/mol. The number of nitrogens with zero attached hydrogens (tertiary/aromatic N) is 2. The number of benzene rings is 3. The van der Waals surface area contributed by atoms with Gasteiger partial charge >= 0.3 is 0 Å². The zero-order chi connectivity index (χ0) is 19.7. The van der Waals surface area contributed by atoms with E-state index in [-0.39, 0.29) is 17.1 Å². The third kappa shape index (κ3) is 3.27. The first-order valence-corrected chi connectivity index (χ1v) is 9.07. The van der Waals surface area contributed by atoms with Crippen molar-refractivity contribution >= 4 is 10.9 Å². The molecule has 0 fully saturated rings. The highest BCUT2D eigenvalue weighted by Gasteiger charge is 2.16. The highest BCUT2D eigenvalue weighted by Crippen LogP contribution is 2.28. The second-order valence-electron chi connectivity index (χ2n) is 6.76. The molecule has 0 saturated heterocycles. The lowest BCUT2D eigenvalue weighted by Gasteiger charge is -2.15. The Bertz CT molecular complexity index is 1230. The Morgan fingerprint density at radius 1 is 1.04 bits per heavy atom. The van der Waals surface area contributed by atoms with E-state index in [9.17, 15) is 14.3 Å². The predicted molar refractivity (Wildman–Crippen MR) is 108 cm³/mol. The molecule has 1 heterocycles. The van der Waals surface area contributed by atoms with Gasteiger partial charge in [0.1, 0.15) is 17.4 Å². The summed E-state index contributed by atoms with van der Waals surface area (Å²) in [5.74, 6) is 0.150. The van der Waals surface area contributed by atoms with Crippen LogP contribution in [0.15, 0.2) is 71.5 Å². The summed E-state index contributed by atoms with van der Waals surface area (Å²) in [5.41, 5.74) is 2.55. The summed E-state index contributed by atoms with van der Waals surface area (Å²) in [5, 5.41) is 10.9. The molecular formula is C23H19FN2O2. The van der Waals surface area contributed by atoms with E-state index in [0.717, 1.165) is 11.1 Å². The van der Waals surface area contributed by atoms with Crippen molar-refractivity contribution < 1.29 is 9.50 Å². The highest BCUT2D eigenvalue weighted by molar-refractivity contribution is 5.83. The molecule has 3 aromatic carbocycles. The van der Waals surface area contributed by atoms with Crippen LogP contribution in [0.5, 0.6) is 5.75 Å². The first-order valence-electron chi connectivity index (χ1n) is 9.07. The lowest BCUT2D eigenvalue weighted by Crippen LogP contribution is -2.25. The van der Waals surface area contributed by atoms with E-state index in [2.05, 4.69) is 4.98 Å². The smallest absolute Gasteiger partial charge is 0.261 e. The van der Waals surface area contributed by atoms with Crippen LogP contribution in [0.2, 0.25) is 0 Å². The Morgan fingerprint density at radius 2 is 1.82 bits per heavy atom. The third-order valence-corrected chi connectivity index (χ3v) is 4.85. The van der Waals surface area contributed by atoms with Gasteiger partial charge in [0.05, 0.1) is 16.5 Å². The number of hydrogen-bond acceptors (Lipinski definition) is 3. The second-order valence-corrected chi connectivity index (χ2v) is 6.76. The Hall–Kier alpha value is -3.47. The van der Waals surface area contributed by atoms with Crippen LogP contribution < -0.4 is 5.56 Å². The normalized spacial score (nSPS) is 11.1. The first-order chi connectivity index (χ1) is 13.5. The number of rotatable bonds is 4. The molecule has 4 nitrogen and oxygen atoms in total. The maximum absolute atomic E-state index is 13.5. The molecule has 0 aliphatic carbocycles. The van der Waals surface area contributed by atoms with Crippen LogP contribution in [-0.2, 0) is 13.0 Å². The number of aromatic nitrogens is 2. The van der Waals surface area contributed by atoms with Crippen LogP contribution in [0.3, 0.4) is 0 Å². The first kappa shape index (κ1) is 17.9. The van der Waals surface area contributed by atoms with Gasteiger partial charge in [-0.3, -0.25) is 9.36 Å². The average Bonchev–Trinajstić information content (AvgIpc) is 2.67. The summed E-state index contributed by atoms with van der Waals surface area (Å²) in [4.78, 5) is 18.0. The van der Waals surface area contributed by atoms with Gasteiger partial charge in [0.2, 0.25) is 0 Å². The van der Waals surface area contributed by atoms with Gasteiger partial charge in [0.15, 0.2) is 0 Å². The van der Waals surface area contributed by atoms with Crippen molar-refractivity contribution in [2.24, 2.45) is 0 Å². The molecule has 4 rings (SSSR count). The summed E-state index contributed by atoms with van der Waals surface area (Å²) < 4.78 is 15.1. The minimum atomic E-state index is -0.307. The average molecular weight is 374 g/mol. The van der Waals surface area contributed by atoms with Crippen LogP contribution in [0, 0.1) is 12.7 Å². The van der Waals surface area contributed by atoms with E-state index in [1.807, 2.05) is 25.1 Å². The zero-order valence-electron chi connectivity index (χ0n) is 15.4. The summed E-state index contributed by atoms with van der Waals surface area (Å²) in [6.07, 6.45) is 0.470. The van der Waals surface area contributed by atoms with Crippen molar-refractivity contribution in [3.8, 4) is 17.1 Å². The fourth-order valence-electron chi connectivity index (χ4n) is 3.44. The molecule has 1 N–H and O–H groups in total. The number of halogens is 1. The number of phenolic OH excluding ortho intramolecular Hbond substituents is 1. The van der Waals surface area contributed by atoms with E-state index < -0.39 is 0 Å². The molecule has 0 amide bonds. The predicted octanol–water partition coefficient (Wildman–Crippen LogP) is 4.46. The van der Waals surface area contributed by atoms with Gasteiger partial charge in [-0.2, -0.15) is 0 Å². The van der Waals surface area contributed by atoms with Crippen molar-refractivity contribution in [1.82, 2.24) is 9.55 Å². The number of para-hydroxylation sites is 1. The largest absolute Gasteiger partial charge is 0.507 e. The number of aromatic hydroxyl groups is 1. The SMILES string of the molecule is Cc1cccc2nc(-c3ccccc3O)n(CCc3cccc(F)c3)c(=O)c12. The lowest BCUT2D eigenvalue weighted by molar-refractivity contribution is 0.476. The van der Waals surface area contributed by atoms with Crippen molar-refractivity contribution in [1.29, 1.82) is 0 Å². The summed E-state index contributed by atoms with van der Waals surface area (Å²) in [7, 11) is 0. The zero-order valence-corrected chi connectivity index (χ0v) is 15.4. The van der Waals surface area contributed by atoms with Gasteiger partial charge in [-0.05, 0) is 54.8 Å². The van der Waals surface area contributed by atoms with Crippen molar-refractivity contribution in [2.45, 2.75) is 19.9 Å². The molecule has 0 atom stereocenters. The molecule has 0 radical (unpaired) electrons. The van der Waals surface area contributed by atoms with Gasteiger partial charge < -0.3 is 5.11 Å². The molecule has 28 heavy (non-hydrogen) atoms. The number of aryl methyl sites for hydroxylation is 2. The molecule has 0 aliphatic rings. The van der Waals surface area contributed by atoms with Crippen LogP contribution in [0.1, 0.15) is 11.1 Å². The van der Waals surface area contributed by atoms with Gasteiger partial charge in [-0.15, -0.1) is 0 Å². The number of hydrogen-bond donors (Lipinski definition) is 1. The fourth-order valence-corrected chi connectivity index (χ4v) is 3.44. The van der Waals surface area contributed by atoms with E-state index in [1.54, 1.807) is 41.0 Å². The van der Waals surface area contributed by atoms with E-state index >= 15 is 0 Å². The van der Waals surface area contributed by atoms with Crippen LogP contribution in [0.25, 0.3) is 22.3 Å². The Labute approximate surface area is 161 Å². The van der Waals surface area contributed by atoms with Crippen LogP contribution in [0.4, 0.5) is 4.39 Å². The molecule has 1 aromatic heterocycles. The van der Waals surface area contributed by atoms with Gasteiger partial charge in [0, 0.05) is 6.54 Å². The number of phenols is 1. The Balaban J connectivity index is 1.90. The molecule has 0 aliphatic heterocycles. The maximum atomic E-state index is 13.5. The van der Waals surface area contributed by atoms with Crippen molar-refractivity contribution in [3.63, 3.8) is 0 Å². The minimum absolute atomic E-state index is 0.0564. The molecule has 0 spiro atoms. The minimum Gasteiger partial charge on any atom is -0.507 e. The lowest BCUT2D eigenvalue weighted by atomic mass is 10.1. The van der Waals surface area contributed by atoms with Gasteiger partial charge in [-0.1, -0.05) is 36.4 Å². The maximum Gasteiger partial charge on any atom is 0.261 e.